The van der Waals surface area contributed by atoms with Crippen molar-refractivity contribution in [3.8, 4) is 5.75 Å². The zero-order chi connectivity index (χ0) is 15.4. The molecule has 2 rings (SSSR count). The fraction of sp³-hybridized carbons (Fsp3) is 0.333. The molecule has 21 heavy (non-hydrogen) atoms. The molecule has 2 aromatic rings. The summed E-state index contributed by atoms with van der Waals surface area (Å²) in [5, 5.41) is 0. The minimum Gasteiger partial charge on any atom is -0.497 e. The summed E-state index contributed by atoms with van der Waals surface area (Å²) in [4.78, 5) is 0. The van der Waals surface area contributed by atoms with Crippen LogP contribution in [0.3, 0.4) is 0 Å². The molecule has 3 nitrogen and oxygen atoms in total. The van der Waals surface area contributed by atoms with Crippen LogP contribution in [0.2, 0.25) is 0 Å². The first-order valence-electron chi connectivity index (χ1n) is 7.22. The fourth-order valence-corrected chi connectivity index (χ4v) is 2.87. The van der Waals surface area contributed by atoms with E-state index < -0.39 is 0 Å². The highest BCUT2D eigenvalue weighted by molar-refractivity contribution is 5.39. The minimum absolute atomic E-state index is 0.0696. The molecule has 0 spiro atoms. The second-order valence-electron chi connectivity index (χ2n) is 5.58. The van der Waals surface area contributed by atoms with E-state index in [4.69, 9.17) is 10.6 Å². The summed E-state index contributed by atoms with van der Waals surface area (Å²) >= 11 is 0. The molecule has 0 aliphatic heterocycles. The molecule has 0 heterocycles. The zero-order valence-corrected chi connectivity index (χ0v) is 13.2. The second-order valence-corrected chi connectivity index (χ2v) is 5.58. The smallest absolute Gasteiger partial charge is 0.119 e. The molecule has 0 aliphatic rings. The Kier molecular flexibility index (Phi) is 4.99. The Morgan fingerprint density at radius 2 is 1.76 bits per heavy atom. The van der Waals surface area contributed by atoms with Gasteiger partial charge in [-0.05, 0) is 61.6 Å². The summed E-state index contributed by atoms with van der Waals surface area (Å²) in [7, 11) is 1.68. The van der Waals surface area contributed by atoms with E-state index >= 15 is 0 Å². The number of nitrogens with one attached hydrogen (secondary N) is 1. The molecule has 0 saturated carbocycles. The van der Waals surface area contributed by atoms with Gasteiger partial charge in [0.1, 0.15) is 5.75 Å². The van der Waals surface area contributed by atoms with Crippen molar-refractivity contribution in [1.82, 2.24) is 5.43 Å². The van der Waals surface area contributed by atoms with Crippen LogP contribution in [-0.4, -0.2) is 7.11 Å². The highest BCUT2D eigenvalue weighted by Crippen LogP contribution is 2.25. The van der Waals surface area contributed by atoms with Crippen molar-refractivity contribution in [2.24, 2.45) is 5.84 Å². The summed E-state index contributed by atoms with van der Waals surface area (Å²) in [5.74, 6) is 6.64. The lowest BCUT2D eigenvalue weighted by Gasteiger charge is -2.20. The molecule has 112 valence electrons. The molecular weight excluding hydrogens is 260 g/mol. The highest BCUT2D eigenvalue weighted by Gasteiger charge is 2.14. The lowest BCUT2D eigenvalue weighted by atomic mass is 9.92. The maximum Gasteiger partial charge on any atom is 0.119 e. The number of methoxy groups -OCH3 is 1. The molecule has 1 unspecified atom stereocenters. The maximum atomic E-state index is 5.78. The van der Waals surface area contributed by atoms with Gasteiger partial charge < -0.3 is 4.74 Å². The predicted octanol–water partition coefficient (Wildman–Crippen LogP) is 3.37. The molecule has 0 bridgehead atoms. The number of benzene rings is 2. The lowest BCUT2D eigenvalue weighted by molar-refractivity contribution is 0.413. The third-order valence-corrected chi connectivity index (χ3v) is 3.95. The summed E-state index contributed by atoms with van der Waals surface area (Å²) in [6.07, 6.45) is 0.863. The minimum atomic E-state index is 0.0696. The van der Waals surface area contributed by atoms with Crippen molar-refractivity contribution in [2.45, 2.75) is 33.2 Å². The third kappa shape index (κ3) is 3.63. The van der Waals surface area contributed by atoms with E-state index in [1.54, 1.807) is 7.11 Å². The standard InChI is InChI=1S/C18H24N2O/c1-12-8-13(2)17(14(3)9-12)11-18(20-19)15-6-5-7-16(10-15)21-4/h5-10,18,20H,11,19H2,1-4H3. The SMILES string of the molecule is COc1cccc(C(Cc2c(C)cc(C)cc2C)NN)c1. The van der Waals surface area contributed by atoms with Crippen molar-refractivity contribution in [1.29, 1.82) is 0 Å². The molecule has 1 atom stereocenters. The van der Waals surface area contributed by atoms with E-state index in [9.17, 15) is 0 Å². The number of hydrazine groups is 1. The Labute approximate surface area is 127 Å². The molecule has 2 aromatic carbocycles. The molecule has 3 heteroatoms. The van der Waals surface area contributed by atoms with Gasteiger partial charge in [-0.3, -0.25) is 11.3 Å². The van der Waals surface area contributed by atoms with Gasteiger partial charge in [0, 0.05) is 0 Å². The molecule has 0 saturated heterocycles. The van der Waals surface area contributed by atoms with Gasteiger partial charge in [0.25, 0.3) is 0 Å². The fourth-order valence-electron chi connectivity index (χ4n) is 2.87. The Morgan fingerprint density at radius 1 is 1.10 bits per heavy atom. The number of hydrogen-bond acceptors (Lipinski definition) is 3. The number of ether oxygens (including phenoxy) is 1. The topological polar surface area (TPSA) is 47.3 Å². The first-order valence-corrected chi connectivity index (χ1v) is 7.22. The van der Waals surface area contributed by atoms with Crippen molar-refractivity contribution >= 4 is 0 Å². The number of aryl methyl sites for hydroxylation is 3. The first-order chi connectivity index (χ1) is 10.0. The average molecular weight is 284 g/mol. The Bertz CT molecular complexity index is 599. The molecule has 0 amide bonds. The largest absolute Gasteiger partial charge is 0.497 e. The predicted molar refractivity (Wildman–Crippen MR) is 87.4 cm³/mol. The van der Waals surface area contributed by atoms with Crippen molar-refractivity contribution < 1.29 is 4.74 Å². The van der Waals surface area contributed by atoms with E-state index in [1.165, 1.54) is 22.3 Å². The van der Waals surface area contributed by atoms with Gasteiger partial charge >= 0.3 is 0 Å². The molecule has 3 N–H and O–H groups in total. The summed E-state index contributed by atoms with van der Waals surface area (Å²) in [6.45, 7) is 6.45. The van der Waals surface area contributed by atoms with Gasteiger partial charge in [0.2, 0.25) is 0 Å². The molecule has 0 aromatic heterocycles. The Balaban J connectivity index is 2.31. The number of hydrogen-bond donors (Lipinski definition) is 2. The van der Waals surface area contributed by atoms with Gasteiger partial charge in [-0.2, -0.15) is 0 Å². The summed E-state index contributed by atoms with van der Waals surface area (Å²) in [5.41, 5.74) is 9.35. The molecule has 0 aliphatic carbocycles. The van der Waals surface area contributed by atoms with Crippen LogP contribution in [0.4, 0.5) is 0 Å². The van der Waals surface area contributed by atoms with Crippen LogP contribution in [0.25, 0.3) is 0 Å². The summed E-state index contributed by atoms with van der Waals surface area (Å²) in [6, 6.07) is 12.6. The molecular formula is C18H24N2O. The van der Waals surface area contributed by atoms with Gasteiger partial charge in [0.05, 0.1) is 13.2 Å². The van der Waals surface area contributed by atoms with E-state index in [0.29, 0.717) is 0 Å². The monoisotopic (exact) mass is 284 g/mol. The van der Waals surface area contributed by atoms with Crippen LogP contribution < -0.4 is 16.0 Å². The van der Waals surface area contributed by atoms with Crippen LogP contribution in [-0.2, 0) is 6.42 Å². The van der Waals surface area contributed by atoms with Crippen molar-refractivity contribution in [2.75, 3.05) is 7.11 Å². The lowest BCUT2D eigenvalue weighted by Crippen LogP contribution is -2.30. The van der Waals surface area contributed by atoms with Crippen LogP contribution in [0.1, 0.15) is 33.9 Å². The first kappa shape index (κ1) is 15.5. The summed E-state index contributed by atoms with van der Waals surface area (Å²) < 4.78 is 5.29. The van der Waals surface area contributed by atoms with Crippen LogP contribution in [0.15, 0.2) is 36.4 Å². The van der Waals surface area contributed by atoms with Gasteiger partial charge in [-0.25, -0.2) is 0 Å². The Morgan fingerprint density at radius 3 is 2.33 bits per heavy atom. The quantitative estimate of drug-likeness (QED) is 0.653. The average Bonchev–Trinajstić information content (AvgIpc) is 2.46. The van der Waals surface area contributed by atoms with Crippen LogP contribution in [0.5, 0.6) is 5.75 Å². The third-order valence-electron chi connectivity index (χ3n) is 3.95. The van der Waals surface area contributed by atoms with E-state index in [1.807, 2.05) is 18.2 Å². The number of nitrogens with two attached hydrogens (primary N) is 1. The van der Waals surface area contributed by atoms with Gasteiger partial charge in [0.15, 0.2) is 0 Å². The molecule has 0 fully saturated rings. The van der Waals surface area contributed by atoms with Crippen LogP contribution >= 0.6 is 0 Å². The van der Waals surface area contributed by atoms with E-state index in [-0.39, 0.29) is 6.04 Å². The zero-order valence-electron chi connectivity index (χ0n) is 13.2. The normalized spacial score (nSPS) is 12.2. The van der Waals surface area contributed by atoms with Gasteiger partial charge in [-0.15, -0.1) is 0 Å². The van der Waals surface area contributed by atoms with E-state index in [2.05, 4.69) is 44.4 Å². The van der Waals surface area contributed by atoms with Crippen LogP contribution in [0, 0.1) is 20.8 Å². The van der Waals surface area contributed by atoms with Crippen molar-refractivity contribution in [3.63, 3.8) is 0 Å². The Hall–Kier alpha value is -1.84. The van der Waals surface area contributed by atoms with Gasteiger partial charge in [-0.1, -0.05) is 29.8 Å². The highest BCUT2D eigenvalue weighted by atomic mass is 16.5. The maximum absolute atomic E-state index is 5.78. The van der Waals surface area contributed by atoms with Crippen molar-refractivity contribution in [3.05, 3.63) is 64.2 Å². The second kappa shape index (κ2) is 6.74. The van der Waals surface area contributed by atoms with E-state index in [0.717, 1.165) is 17.7 Å². The number of rotatable bonds is 5. The molecule has 0 radical (unpaired) electrons.